The van der Waals surface area contributed by atoms with Crippen molar-refractivity contribution < 1.29 is 9.84 Å². The van der Waals surface area contributed by atoms with Crippen molar-refractivity contribution in [3.8, 4) is 22.8 Å². The maximum atomic E-state index is 10.0. The highest BCUT2D eigenvalue weighted by Gasteiger charge is 2.31. The summed E-state index contributed by atoms with van der Waals surface area (Å²) in [6, 6.07) is 12.5. The van der Waals surface area contributed by atoms with Gasteiger partial charge in [0.15, 0.2) is 5.82 Å². The predicted octanol–water partition coefficient (Wildman–Crippen LogP) is 2.86. The number of nitrogen functional groups attached to an aromatic ring is 1. The van der Waals surface area contributed by atoms with Crippen molar-refractivity contribution in [1.82, 2.24) is 15.2 Å². The maximum Gasteiger partial charge on any atom is 0.169 e. The van der Waals surface area contributed by atoms with Crippen LogP contribution in [0.1, 0.15) is 0 Å². The number of rotatable bonds is 4. The molecule has 0 unspecified atom stereocenters. The van der Waals surface area contributed by atoms with Gasteiger partial charge in [-0.2, -0.15) is 0 Å². The molecule has 8 heteroatoms. The number of aromatic nitrogens is 3. The molecule has 1 aliphatic rings. The highest BCUT2D eigenvalue weighted by atomic mass is 79.9. The molecule has 0 atom stereocenters. The molecule has 0 spiro atoms. The summed E-state index contributed by atoms with van der Waals surface area (Å²) in [5.41, 5.74) is 7.99. The molecular formula is C18H16BrN5O2. The minimum Gasteiger partial charge on any atom is -0.507 e. The van der Waals surface area contributed by atoms with Crippen molar-refractivity contribution in [3.63, 3.8) is 0 Å². The normalized spacial score (nSPS) is 14.1. The van der Waals surface area contributed by atoms with Crippen LogP contribution in [0.4, 0.5) is 11.5 Å². The molecule has 0 bridgehead atoms. The SMILES string of the molecule is Nc1nnc(-c2ccccc2O)cc1N1CC(Oc2ccnc(Br)c2)C1. The van der Waals surface area contributed by atoms with Gasteiger partial charge in [0.05, 0.1) is 24.5 Å². The molecule has 0 radical (unpaired) electrons. The fraction of sp³-hybridized carbons (Fsp3) is 0.167. The van der Waals surface area contributed by atoms with Gasteiger partial charge in [0.25, 0.3) is 0 Å². The van der Waals surface area contributed by atoms with Crippen LogP contribution in [-0.2, 0) is 0 Å². The first kappa shape index (κ1) is 16.6. The van der Waals surface area contributed by atoms with Crippen LogP contribution >= 0.6 is 15.9 Å². The molecule has 4 rings (SSSR count). The molecule has 3 heterocycles. The molecule has 2 aromatic heterocycles. The van der Waals surface area contributed by atoms with Crippen molar-refractivity contribution in [1.29, 1.82) is 0 Å². The van der Waals surface area contributed by atoms with E-state index in [1.54, 1.807) is 24.4 Å². The number of benzene rings is 1. The lowest BCUT2D eigenvalue weighted by Crippen LogP contribution is -2.54. The number of nitrogens with two attached hydrogens (primary N) is 1. The number of aromatic hydroxyl groups is 1. The van der Waals surface area contributed by atoms with Crippen LogP contribution < -0.4 is 15.4 Å². The van der Waals surface area contributed by atoms with E-state index in [-0.39, 0.29) is 11.9 Å². The first-order chi connectivity index (χ1) is 12.6. The van der Waals surface area contributed by atoms with Crippen LogP contribution in [0, 0.1) is 0 Å². The van der Waals surface area contributed by atoms with Crippen LogP contribution in [0.25, 0.3) is 11.3 Å². The number of nitrogens with zero attached hydrogens (tertiary/aromatic N) is 4. The summed E-state index contributed by atoms with van der Waals surface area (Å²) in [5, 5.41) is 18.2. The van der Waals surface area contributed by atoms with Gasteiger partial charge in [-0.3, -0.25) is 0 Å². The first-order valence-corrected chi connectivity index (χ1v) is 8.84. The predicted molar refractivity (Wildman–Crippen MR) is 102 cm³/mol. The second kappa shape index (κ2) is 6.80. The molecule has 26 heavy (non-hydrogen) atoms. The summed E-state index contributed by atoms with van der Waals surface area (Å²) in [6.45, 7) is 1.38. The Hall–Kier alpha value is -2.87. The molecule has 1 fully saturated rings. The number of phenolic OH excluding ortho intramolecular Hbond substituents is 1. The summed E-state index contributed by atoms with van der Waals surface area (Å²) in [6.07, 6.45) is 1.75. The third kappa shape index (κ3) is 3.28. The Labute approximate surface area is 158 Å². The summed E-state index contributed by atoms with van der Waals surface area (Å²) in [7, 11) is 0. The van der Waals surface area contributed by atoms with Crippen LogP contribution in [-0.4, -0.2) is 39.5 Å². The van der Waals surface area contributed by atoms with Gasteiger partial charge < -0.3 is 20.5 Å². The molecule has 132 valence electrons. The number of anilines is 2. The van der Waals surface area contributed by atoms with Gasteiger partial charge in [-0.05, 0) is 40.2 Å². The number of para-hydroxylation sites is 1. The zero-order valence-corrected chi connectivity index (χ0v) is 15.3. The highest BCUT2D eigenvalue weighted by Crippen LogP contribution is 2.33. The van der Waals surface area contributed by atoms with E-state index in [1.807, 2.05) is 24.3 Å². The second-order valence-corrected chi connectivity index (χ2v) is 6.79. The molecule has 0 amide bonds. The fourth-order valence-electron chi connectivity index (χ4n) is 2.83. The first-order valence-electron chi connectivity index (χ1n) is 8.05. The standard InChI is InChI=1S/C18H16BrN5O2/c19-17-7-11(5-6-21-17)26-12-9-24(10-12)15-8-14(22-23-18(15)20)13-3-1-2-4-16(13)25/h1-8,12,25H,9-10H2,(H2,20,23). The molecular weight excluding hydrogens is 398 g/mol. The average molecular weight is 414 g/mol. The van der Waals surface area contributed by atoms with Crippen LogP contribution in [0.3, 0.4) is 0 Å². The lowest BCUT2D eigenvalue weighted by molar-refractivity contribution is 0.167. The molecule has 1 aliphatic heterocycles. The Kier molecular flexibility index (Phi) is 4.34. The number of ether oxygens (including phenoxy) is 1. The lowest BCUT2D eigenvalue weighted by atomic mass is 10.1. The van der Waals surface area contributed by atoms with Gasteiger partial charge in [0.2, 0.25) is 0 Å². The lowest BCUT2D eigenvalue weighted by Gasteiger charge is -2.40. The van der Waals surface area contributed by atoms with Crippen LogP contribution in [0.5, 0.6) is 11.5 Å². The summed E-state index contributed by atoms with van der Waals surface area (Å²) < 4.78 is 6.67. The van der Waals surface area contributed by atoms with E-state index in [4.69, 9.17) is 10.5 Å². The van der Waals surface area contributed by atoms with Gasteiger partial charge in [-0.1, -0.05) is 12.1 Å². The third-order valence-corrected chi connectivity index (χ3v) is 4.60. The third-order valence-electron chi connectivity index (χ3n) is 4.17. The monoisotopic (exact) mass is 413 g/mol. The van der Waals surface area contributed by atoms with Crippen molar-refractivity contribution in [3.05, 3.63) is 53.3 Å². The van der Waals surface area contributed by atoms with Crippen LogP contribution in [0.2, 0.25) is 0 Å². The largest absolute Gasteiger partial charge is 0.507 e. The van der Waals surface area contributed by atoms with Gasteiger partial charge >= 0.3 is 0 Å². The minimum absolute atomic E-state index is 0.0606. The molecule has 0 aliphatic carbocycles. The Bertz CT molecular complexity index is 946. The Morgan fingerprint density at radius 2 is 1.96 bits per heavy atom. The van der Waals surface area contributed by atoms with Gasteiger partial charge in [0, 0.05) is 17.8 Å². The maximum absolute atomic E-state index is 10.0. The number of halogens is 1. The van der Waals surface area contributed by atoms with E-state index in [0.717, 1.165) is 16.0 Å². The summed E-state index contributed by atoms with van der Waals surface area (Å²) in [5.74, 6) is 1.28. The smallest absolute Gasteiger partial charge is 0.169 e. The van der Waals surface area contributed by atoms with Crippen molar-refractivity contribution in [2.75, 3.05) is 23.7 Å². The Morgan fingerprint density at radius 3 is 2.73 bits per heavy atom. The average Bonchev–Trinajstić information content (AvgIpc) is 2.59. The number of hydrogen-bond donors (Lipinski definition) is 2. The fourth-order valence-corrected chi connectivity index (χ4v) is 3.17. The molecule has 7 nitrogen and oxygen atoms in total. The summed E-state index contributed by atoms with van der Waals surface area (Å²) in [4.78, 5) is 6.16. The minimum atomic E-state index is 0.0606. The van der Waals surface area contributed by atoms with E-state index in [1.165, 1.54) is 0 Å². The van der Waals surface area contributed by atoms with Crippen molar-refractivity contribution in [2.24, 2.45) is 0 Å². The van der Waals surface area contributed by atoms with E-state index in [2.05, 4.69) is 36.0 Å². The zero-order valence-electron chi connectivity index (χ0n) is 13.7. The molecule has 3 N–H and O–H groups in total. The van der Waals surface area contributed by atoms with Gasteiger partial charge in [-0.15, -0.1) is 10.2 Å². The molecule has 0 saturated carbocycles. The van der Waals surface area contributed by atoms with E-state index in [0.29, 0.717) is 30.2 Å². The van der Waals surface area contributed by atoms with Gasteiger partial charge in [0.1, 0.15) is 22.2 Å². The van der Waals surface area contributed by atoms with E-state index in [9.17, 15) is 5.11 Å². The number of phenols is 1. The second-order valence-electron chi connectivity index (χ2n) is 5.98. The van der Waals surface area contributed by atoms with Gasteiger partial charge in [-0.25, -0.2) is 4.98 Å². The summed E-state index contributed by atoms with van der Waals surface area (Å²) >= 11 is 3.33. The Balaban J connectivity index is 1.49. The zero-order chi connectivity index (χ0) is 18.1. The van der Waals surface area contributed by atoms with E-state index >= 15 is 0 Å². The topological polar surface area (TPSA) is 97.4 Å². The molecule has 1 aromatic carbocycles. The number of hydrogen-bond acceptors (Lipinski definition) is 7. The molecule has 3 aromatic rings. The van der Waals surface area contributed by atoms with Crippen molar-refractivity contribution >= 4 is 27.4 Å². The quantitative estimate of drug-likeness (QED) is 0.634. The molecule has 1 saturated heterocycles. The number of pyridine rings is 1. The van der Waals surface area contributed by atoms with Crippen molar-refractivity contribution in [2.45, 2.75) is 6.10 Å². The Morgan fingerprint density at radius 1 is 1.15 bits per heavy atom. The van der Waals surface area contributed by atoms with E-state index < -0.39 is 0 Å². The van der Waals surface area contributed by atoms with Crippen LogP contribution in [0.15, 0.2) is 53.3 Å². The highest BCUT2D eigenvalue weighted by molar-refractivity contribution is 9.10.